The van der Waals surface area contributed by atoms with Crippen LogP contribution in [0.25, 0.3) is 0 Å². The molecule has 0 unspecified atom stereocenters. The average Bonchev–Trinajstić information content (AvgIpc) is 2.57. The summed E-state index contributed by atoms with van der Waals surface area (Å²) in [5.41, 5.74) is 1.07. The Labute approximate surface area is 149 Å². The second-order valence-corrected chi connectivity index (χ2v) is 6.26. The number of ether oxygens (including phenoxy) is 2. The monoisotopic (exact) mass is 369 g/mol. The first kappa shape index (κ1) is 18.4. The summed E-state index contributed by atoms with van der Waals surface area (Å²) in [5.74, 6) is 1.16. The molecule has 0 saturated carbocycles. The highest BCUT2D eigenvalue weighted by atomic mass is 35.5. The molecule has 0 aliphatic carbocycles. The molecule has 0 spiro atoms. The van der Waals surface area contributed by atoms with Gasteiger partial charge < -0.3 is 14.8 Å². The third-order valence-electron chi connectivity index (χ3n) is 3.19. The molecule has 0 saturated heterocycles. The Morgan fingerprint density at radius 2 is 2.00 bits per heavy atom. The Kier molecular flexibility index (Phi) is 6.75. The van der Waals surface area contributed by atoms with Crippen LogP contribution in [-0.2, 0) is 10.5 Å². The number of hydrogen-bond donors (Lipinski definition) is 1. The maximum absolute atomic E-state index is 13.7. The summed E-state index contributed by atoms with van der Waals surface area (Å²) in [7, 11) is 3.07. The molecule has 0 heterocycles. The van der Waals surface area contributed by atoms with E-state index in [0.717, 1.165) is 0 Å². The van der Waals surface area contributed by atoms with E-state index in [1.54, 1.807) is 37.4 Å². The minimum Gasteiger partial charge on any atom is -0.497 e. The molecular weight excluding hydrogens is 353 g/mol. The summed E-state index contributed by atoms with van der Waals surface area (Å²) < 4.78 is 24.0. The topological polar surface area (TPSA) is 47.6 Å². The highest BCUT2D eigenvalue weighted by Crippen LogP contribution is 2.29. The van der Waals surface area contributed by atoms with Crippen molar-refractivity contribution in [2.45, 2.75) is 5.75 Å². The van der Waals surface area contributed by atoms with Crippen molar-refractivity contribution in [3.8, 4) is 11.5 Å². The van der Waals surface area contributed by atoms with Gasteiger partial charge in [-0.05, 0) is 29.8 Å². The molecule has 7 heteroatoms. The molecule has 0 bridgehead atoms. The largest absolute Gasteiger partial charge is 0.497 e. The van der Waals surface area contributed by atoms with Crippen LogP contribution in [0.1, 0.15) is 5.56 Å². The number of benzene rings is 2. The van der Waals surface area contributed by atoms with Gasteiger partial charge >= 0.3 is 0 Å². The van der Waals surface area contributed by atoms with Gasteiger partial charge in [-0.3, -0.25) is 4.79 Å². The Balaban J connectivity index is 1.89. The van der Waals surface area contributed by atoms with Crippen LogP contribution < -0.4 is 14.8 Å². The highest BCUT2D eigenvalue weighted by molar-refractivity contribution is 7.99. The van der Waals surface area contributed by atoms with Crippen LogP contribution in [0, 0.1) is 5.82 Å². The summed E-state index contributed by atoms with van der Waals surface area (Å²) >= 11 is 7.02. The van der Waals surface area contributed by atoms with E-state index in [2.05, 4.69) is 5.32 Å². The fraction of sp³-hybridized carbons (Fsp3) is 0.235. The van der Waals surface area contributed by atoms with E-state index >= 15 is 0 Å². The number of methoxy groups -OCH3 is 2. The zero-order chi connectivity index (χ0) is 17.5. The van der Waals surface area contributed by atoms with Gasteiger partial charge in [0, 0.05) is 16.8 Å². The van der Waals surface area contributed by atoms with E-state index in [9.17, 15) is 9.18 Å². The van der Waals surface area contributed by atoms with Gasteiger partial charge in [0.2, 0.25) is 5.91 Å². The van der Waals surface area contributed by atoms with Crippen molar-refractivity contribution in [1.29, 1.82) is 0 Å². The maximum atomic E-state index is 13.7. The fourth-order valence-electron chi connectivity index (χ4n) is 1.98. The predicted octanol–water partition coefficient (Wildman–Crippen LogP) is 4.37. The van der Waals surface area contributed by atoms with Crippen LogP contribution >= 0.6 is 23.4 Å². The van der Waals surface area contributed by atoms with E-state index in [0.29, 0.717) is 33.5 Å². The summed E-state index contributed by atoms with van der Waals surface area (Å²) in [5, 5.41) is 3.12. The standard InChI is InChI=1S/C17H17ClFNO3S/c1-22-13-5-6-15(16(8-13)23-2)20-17(21)10-24-9-11-3-4-12(18)7-14(11)19/h3-8H,9-10H2,1-2H3,(H,20,21). The lowest BCUT2D eigenvalue weighted by Crippen LogP contribution is -2.15. The van der Waals surface area contributed by atoms with E-state index in [4.69, 9.17) is 21.1 Å². The van der Waals surface area contributed by atoms with Gasteiger partial charge in [0.1, 0.15) is 17.3 Å². The SMILES string of the molecule is COc1ccc(NC(=O)CSCc2ccc(Cl)cc2F)c(OC)c1. The van der Waals surface area contributed by atoms with Crippen LogP contribution in [0.2, 0.25) is 5.02 Å². The molecule has 2 rings (SSSR count). The molecule has 2 aromatic rings. The molecule has 4 nitrogen and oxygen atoms in total. The van der Waals surface area contributed by atoms with Crippen LogP contribution in [0.3, 0.4) is 0 Å². The van der Waals surface area contributed by atoms with E-state index < -0.39 is 0 Å². The molecular formula is C17H17ClFNO3S. The molecule has 0 radical (unpaired) electrons. The van der Waals surface area contributed by atoms with Gasteiger partial charge in [0.25, 0.3) is 0 Å². The molecule has 0 aliphatic heterocycles. The van der Waals surface area contributed by atoms with Gasteiger partial charge in [-0.15, -0.1) is 11.8 Å². The van der Waals surface area contributed by atoms with Gasteiger partial charge in [0.15, 0.2) is 0 Å². The quantitative estimate of drug-likeness (QED) is 0.787. The Morgan fingerprint density at radius 1 is 1.21 bits per heavy atom. The van der Waals surface area contributed by atoms with Gasteiger partial charge in [-0.25, -0.2) is 4.39 Å². The lowest BCUT2D eigenvalue weighted by atomic mass is 10.2. The van der Waals surface area contributed by atoms with E-state index in [-0.39, 0.29) is 17.5 Å². The first-order valence-electron chi connectivity index (χ1n) is 7.07. The Hall–Kier alpha value is -1.92. The first-order valence-corrected chi connectivity index (χ1v) is 8.60. The molecule has 1 N–H and O–H groups in total. The van der Waals surface area contributed by atoms with Crippen LogP contribution in [0.15, 0.2) is 36.4 Å². The minimum absolute atomic E-state index is 0.192. The number of hydrogen-bond acceptors (Lipinski definition) is 4. The maximum Gasteiger partial charge on any atom is 0.234 e. The van der Waals surface area contributed by atoms with Gasteiger partial charge in [-0.1, -0.05) is 17.7 Å². The number of thioether (sulfide) groups is 1. The van der Waals surface area contributed by atoms with Gasteiger partial charge in [-0.2, -0.15) is 0 Å². The molecule has 1 amide bonds. The number of rotatable bonds is 7. The van der Waals surface area contributed by atoms with Crippen molar-refractivity contribution in [2.75, 3.05) is 25.3 Å². The van der Waals surface area contributed by atoms with E-state index in [1.807, 2.05) is 0 Å². The molecule has 0 aromatic heterocycles. The summed E-state index contributed by atoms with van der Waals surface area (Å²) in [4.78, 5) is 12.0. The van der Waals surface area contributed by atoms with Crippen molar-refractivity contribution in [3.05, 3.63) is 52.8 Å². The second-order valence-electron chi connectivity index (χ2n) is 4.84. The van der Waals surface area contributed by atoms with Crippen LogP contribution in [0.4, 0.5) is 10.1 Å². The third kappa shape index (κ3) is 5.04. The average molecular weight is 370 g/mol. The third-order valence-corrected chi connectivity index (χ3v) is 4.41. The predicted molar refractivity (Wildman–Crippen MR) is 95.7 cm³/mol. The second kappa shape index (κ2) is 8.80. The normalized spacial score (nSPS) is 10.3. The molecule has 0 aliphatic rings. The van der Waals surface area contributed by atoms with Crippen LogP contribution in [0.5, 0.6) is 11.5 Å². The lowest BCUT2D eigenvalue weighted by Gasteiger charge is -2.11. The van der Waals surface area contributed by atoms with Crippen molar-refractivity contribution in [1.82, 2.24) is 0 Å². The Morgan fingerprint density at radius 3 is 2.67 bits per heavy atom. The van der Waals surface area contributed by atoms with Crippen molar-refractivity contribution < 1.29 is 18.7 Å². The Bertz CT molecular complexity index is 727. The summed E-state index contributed by atoms with van der Waals surface area (Å²) in [6.07, 6.45) is 0. The van der Waals surface area contributed by atoms with Crippen molar-refractivity contribution in [2.24, 2.45) is 0 Å². The van der Waals surface area contributed by atoms with E-state index in [1.165, 1.54) is 24.9 Å². The fourth-order valence-corrected chi connectivity index (χ4v) is 2.95. The van der Waals surface area contributed by atoms with Gasteiger partial charge in [0.05, 0.1) is 25.7 Å². The molecule has 0 atom stereocenters. The zero-order valence-corrected chi connectivity index (χ0v) is 14.8. The number of halogens is 2. The highest BCUT2D eigenvalue weighted by Gasteiger charge is 2.10. The molecule has 24 heavy (non-hydrogen) atoms. The minimum atomic E-state index is -0.368. The number of nitrogens with one attached hydrogen (secondary N) is 1. The number of carbonyl (C=O) groups is 1. The summed E-state index contributed by atoms with van der Waals surface area (Å²) in [6, 6.07) is 9.64. The van der Waals surface area contributed by atoms with Crippen LogP contribution in [-0.4, -0.2) is 25.9 Å². The first-order chi connectivity index (χ1) is 11.5. The molecule has 2 aromatic carbocycles. The smallest absolute Gasteiger partial charge is 0.234 e. The number of anilines is 1. The number of carbonyl (C=O) groups excluding carboxylic acids is 1. The summed E-state index contributed by atoms with van der Waals surface area (Å²) in [6.45, 7) is 0. The molecule has 128 valence electrons. The van der Waals surface area contributed by atoms with Crippen molar-refractivity contribution >= 4 is 35.0 Å². The zero-order valence-electron chi connectivity index (χ0n) is 13.3. The molecule has 0 fully saturated rings. The number of amides is 1. The lowest BCUT2D eigenvalue weighted by molar-refractivity contribution is -0.113. The van der Waals surface area contributed by atoms with Crippen molar-refractivity contribution in [3.63, 3.8) is 0 Å².